The van der Waals surface area contributed by atoms with Crippen LogP contribution in [0.3, 0.4) is 0 Å². The van der Waals surface area contributed by atoms with Crippen molar-refractivity contribution in [3.8, 4) is 0 Å². The topological polar surface area (TPSA) is 108 Å². The van der Waals surface area contributed by atoms with Crippen molar-refractivity contribution < 1.29 is 24.6 Å². The zero-order valence-corrected chi connectivity index (χ0v) is 20.5. The van der Waals surface area contributed by atoms with Gasteiger partial charge in [0.25, 0.3) is 5.91 Å². The van der Waals surface area contributed by atoms with Crippen LogP contribution in [0, 0.1) is 34.5 Å². The second-order valence-corrected chi connectivity index (χ2v) is 11.6. The van der Waals surface area contributed by atoms with E-state index in [-0.39, 0.29) is 29.5 Å². The van der Waals surface area contributed by atoms with Gasteiger partial charge in [-0.1, -0.05) is 38.4 Å². The molecular weight excluding hydrogens is 420 g/mol. The molecule has 33 heavy (non-hydrogen) atoms. The normalized spacial score (nSPS) is 39.8. The number of carboxylic acid groups (broad SMARTS) is 1. The molecule has 7 nitrogen and oxygen atoms in total. The molecule has 4 aliphatic rings. The van der Waals surface area contributed by atoms with Crippen LogP contribution in [0.4, 0.5) is 0 Å². The number of aliphatic hydroxyl groups excluding tert-OH is 1. The number of carbonyl (C=O) groups is 2. The lowest BCUT2D eigenvalue weighted by molar-refractivity contribution is -0.143. The SMILES string of the molecule is CC(C)[C@H](NC(=O)CON=C1C=C2CC[C@H]3[C@@H](CC[C@]4(C)[C@@H](O)CC[C@@H]34)[C@@]2(C)CC1)C(=O)O. The number of hydrogen-bond acceptors (Lipinski definition) is 5. The molecule has 0 aromatic heterocycles. The highest BCUT2D eigenvalue weighted by molar-refractivity contribution is 5.96. The van der Waals surface area contributed by atoms with Gasteiger partial charge < -0.3 is 20.4 Å². The molecule has 0 radical (unpaired) electrons. The first-order chi connectivity index (χ1) is 15.6. The molecule has 3 fully saturated rings. The molecule has 7 heteroatoms. The van der Waals surface area contributed by atoms with Crippen molar-refractivity contribution in [1.82, 2.24) is 5.32 Å². The van der Waals surface area contributed by atoms with E-state index in [0.717, 1.165) is 44.2 Å². The number of carboxylic acids is 1. The fraction of sp³-hybridized carbons (Fsp3) is 0.808. The van der Waals surface area contributed by atoms with Crippen LogP contribution < -0.4 is 5.32 Å². The van der Waals surface area contributed by atoms with Gasteiger partial charge in [-0.15, -0.1) is 0 Å². The number of aliphatic hydroxyl groups is 1. The van der Waals surface area contributed by atoms with Gasteiger partial charge in [0.1, 0.15) is 6.04 Å². The minimum Gasteiger partial charge on any atom is -0.480 e. The summed E-state index contributed by atoms with van der Waals surface area (Å²) in [6.07, 6.45) is 10.6. The van der Waals surface area contributed by atoms with E-state index in [2.05, 4.69) is 30.4 Å². The van der Waals surface area contributed by atoms with Gasteiger partial charge in [0.2, 0.25) is 0 Å². The van der Waals surface area contributed by atoms with Crippen LogP contribution in [0.25, 0.3) is 0 Å². The summed E-state index contributed by atoms with van der Waals surface area (Å²) in [6.45, 7) is 7.96. The molecule has 3 N–H and O–H groups in total. The average Bonchev–Trinajstić information content (AvgIpc) is 3.06. The van der Waals surface area contributed by atoms with Gasteiger partial charge in [-0.25, -0.2) is 4.79 Å². The van der Waals surface area contributed by atoms with Gasteiger partial charge in [0.05, 0.1) is 11.8 Å². The van der Waals surface area contributed by atoms with E-state index < -0.39 is 17.9 Å². The first kappa shape index (κ1) is 24.2. The molecule has 0 saturated heterocycles. The molecule has 4 aliphatic carbocycles. The van der Waals surface area contributed by atoms with Gasteiger partial charge in [-0.2, -0.15) is 0 Å². The van der Waals surface area contributed by atoms with Crippen LogP contribution in [0.2, 0.25) is 0 Å². The number of fused-ring (bicyclic) bond motifs is 5. The Hall–Kier alpha value is -1.89. The Morgan fingerprint density at radius 3 is 2.61 bits per heavy atom. The Morgan fingerprint density at radius 1 is 1.15 bits per heavy atom. The summed E-state index contributed by atoms with van der Waals surface area (Å²) in [5.41, 5.74) is 2.60. The van der Waals surface area contributed by atoms with Crippen LogP contribution in [0.1, 0.15) is 79.1 Å². The van der Waals surface area contributed by atoms with E-state index in [1.54, 1.807) is 13.8 Å². The Labute approximate surface area is 197 Å². The quantitative estimate of drug-likeness (QED) is 0.521. The third-order valence-corrected chi connectivity index (χ3v) is 9.55. The molecule has 0 aliphatic heterocycles. The average molecular weight is 461 g/mol. The Kier molecular flexibility index (Phi) is 6.64. The smallest absolute Gasteiger partial charge is 0.326 e. The highest BCUT2D eigenvalue weighted by atomic mass is 16.6. The van der Waals surface area contributed by atoms with Crippen LogP contribution in [-0.4, -0.2) is 46.6 Å². The van der Waals surface area contributed by atoms with Crippen LogP contribution >= 0.6 is 0 Å². The fourth-order valence-corrected chi connectivity index (χ4v) is 7.52. The predicted molar refractivity (Wildman–Crippen MR) is 126 cm³/mol. The molecule has 0 bridgehead atoms. The number of hydrogen-bond donors (Lipinski definition) is 3. The van der Waals surface area contributed by atoms with E-state index in [1.807, 2.05) is 0 Å². The minimum atomic E-state index is -1.05. The highest BCUT2D eigenvalue weighted by Crippen LogP contribution is 2.65. The summed E-state index contributed by atoms with van der Waals surface area (Å²) >= 11 is 0. The van der Waals surface area contributed by atoms with E-state index in [4.69, 9.17) is 4.84 Å². The zero-order chi connectivity index (χ0) is 24.0. The molecule has 7 atom stereocenters. The second-order valence-electron chi connectivity index (χ2n) is 11.6. The molecule has 0 aromatic carbocycles. The summed E-state index contributed by atoms with van der Waals surface area (Å²) in [7, 11) is 0. The molecule has 1 amide bonds. The van der Waals surface area contributed by atoms with Gasteiger partial charge in [0, 0.05) is 0 Å². The Bertz CT molecular complexity index is 852. The number of amides is 1. The summed E-state index contributed by atoms with van der Waals surface area (Å²) < 4.78 is 0. The van der Waals surface area contributed by atoms with Gasteiger partial charge in [-0.3, -0.25) is 4.79 Å². The van der Waals surface area contributed by atoms with Crippen LogP contribution in [-0.2, 0) is 14.4 Å². The highest BCUT2D eigenvalue weighted by Gasteiger charge is 2.58. The van der Waals surface area contributed by atoms with E-state index in [9.17, 15) is 19.8 Å². The maximum absolute atomic E-state index is 12.1. The summed E-state index contributed by atoms with van der Waals surface area (Å²) in [4.78, 5) is 28.6. The fourth-order valence-electron chi connectivity index (χ4n) is 7.52. The molecular formula is C26H40N2O5. The molecule has 4 rings (SSSR count). The van der Waals surface area contributed by atoms with Crippen molar-refractivity contribution in [3.05, 3.63) is 11.6 Å². The third-order valence-electron chi connectivity index (χ3n) is 9.55. The number of rotatable bonds is 6. The number of oxime groups is 1. The zero-order valence-electron chi connectivity index (χ0n) is 20.5. The molecule has 0 spiro atoms. The van der Waals surface area contributed by atoms with Crippen molar-refractivity contribution >= 4 is 17.6 Å². The Morgan fingerprint density at radius 2 is 1.91 bits per heavy atom. The van der Waals surface area contributed by atoms with Gasteiger partial charge in [0.15, 0.2) is 6.61 Å². The molecule has 0 heterocycles. The van der Waals surface area contributed by atoms with Gasteiger partial charge in [-0.05, 0) is 91.9 Å². The molecule has 184 valence electrons. The van der Waals surface area contributed by atoms with Crippen molar-refractivity contribution in [3.63, 3.8) is 0 Å². The van der Waals surface area contributed by atoms with Gasteiger partial charge >= 0.3 is 5.97 Å². The van der Waals surface area contributed by atoms with E-state index >= 15 is 0 Å². The van der Waals surface area contributed by atoms with E-state index in [1.165, 1.54) is 18.4 Å². The van der Waals surface area contributed by atoms with Crippen LogP contribution in [0.15, 0.2) is 16.8 Å². The first-order valence-corrected chi connectivity index (χ1v) is 12.7. The van der Waals surface area contributed by atoms with Crippen molar-refractivity contribution in [2.24, 2.45) is 39.7 Å². The largest absolute Gasteiger partial charge is 0.480 e. The minimum absolute atomic E-state index is 0.101. The summed E-state index contributed by atoms with van der Waals surface area (Å²) in [5, 5.41) is 26.6. The number of nitrogens with one attached hydrogen (secondary N) is 1. The lowest BCUT2D eigenvalue weighted by Gasteiger charge is -2.57. The van der Waals surface area contributed by atoms with Crippen molar-refractivity contribution in [1.29, 1.82) is 0 Å². The number of aliphatic carboxylic acids is 1. The Balaban J connectivity index is 1.39. The maximum Gasteiger partial charge on any atom is 0.326 e. The monoisotopic (exact) mass is 460 g/mol. The third kappa shape index (κ3) is 4.33. The lowest BCUT2D eigenvalue weighted by Crippen LogP contribution is -2.51. The van der Waals surface area contributed by atoms with Crippen molar-refractivity contribution in [2.45, 2.75) is 91.2 Å². The standard InChI is InChI=1S/C26H40N2O5/c1-15(2)23(24(31)32)27-22(30)14-33-28-17-9-11-25(3)16(13-17)5-6-18-19-7-8-21(29)26(19,4)12-10-20(18)25/h13,15,18-21,23,29H,5-12,14H2,1-4H3,(H,27,30)(H,31,32)/t18-,19+,20-,21+,23+,25+,26+/m1/s1. The number of carbonyl (C=O) groups excluding carboxylic acids is 1. The second kappa shape index (κ2) is 9.05. The van der Waals surface area contributed by atoms with E-state index in [0.29, 0.717) is 17.8 Å². The van der Waals surface area contributed by atoms with Crippen molar-refractivity contribution in [2.75, 3.05) is 6.61 Å². The molecule has 0 unspecified atom stereocenters. The maximum atomic E-state index is 12.1. The lowest BCUT2D eigenvalue weighted by atomic mass is 9.47. The first-order valence-electron chi connectivity index (χ1n) is 12.7. The molecule has 0 aromatic rings. The number of nitrogens with zero attached hydrogens (tertiary/aromatic N) is 1. The molecule has 3 saturated carbocycles. The summed E-state index contributed by atoms with van der Waals surface area (Å²) in [6, 6.07) is -0.931. The summed E-state index contributed by atoms with van der Waals surface area (Å²) in [5.74, 6) is 0.272. The number of allylic oxidation sites excluding steroid dienone is 2. The van der Waals surface area contributed by atoms with Crippen LogP contribution in [0.5, 0.6) is 0 Å². The predicted octanol–water partition coefficient (Wildman–Crippen LogP) is 3.91.